The highest BCUT2D eigenvalue weighted by Gasteiger charge is 2.02. The fourth-order valence-electron chi connectivity index (χ4n) is 1.43. The normalized spacial score (nSPS) is 9.88. The number of fused-ring (bicyclic) bond motifs is 3. The van der Waals surface area contributed by atoms with E-state index in [9.17, 15) is 0 Å². The highest BCUT2D eigenvalue weighted by atomic mass is 15.1. The summed E-state index contributed by atoms with van der Waals surface area (Å²) in [6.07, 6.45) is 3.47. The summed E-state index contributed by atoms with van der Waals surface area (Å²) in [4.78, 5) is 8.49. The molecule has 3 aromatic rings. The molecular formula is C12H12N4. The van der Waals surface area contributed by atoms with Gasteiger partial charge in [0, 0.05) is 12.4 Å². The van der Waals surface area contributed by atoms with Gasteiger partial charge in [-0.15, -0.1) is 10.2 Å². The molecule has 0 aliphatic rings. The van der Waals surface area contributed by atoms with E-state index in [0.29, 0.717) is 0 Å². The van der Waals surface area contributed by atoms with Gasteiger partial charge in [0.05, 0.1) is 0 Å². The molecule has 0 amide bonds. The minimum absolute atomic E-state index is 0.777. The van der Waals surface area contributed by atoms with Crippen molar-refractivity contribution in [3.05, 3.63) is 36.7 Å². The lowest BCUT2D eigenvalue weighted by Gasteiger charge is -1.98. The third kappa shape index (κ3) is 1.69. The van der Waals surface area contributed by atoms with E-state index >= 15 is 0 Å². The average Bonchev–Trinajstić information content (AvgIpc) is 2.41. The summed E-state index contributed by atoms with van der Waals surface area (Å²) in [6, 6.07) is 7.44. The molecule has 0 saturated carbocycles. The third-order valence-electron chi connectivity index (χ3n) is 2.06. The molecule has 0 saturated heterocycles. The van der Waals surface area contributed by atoms with Crippen molar-refractivity contribution < 1.29 is 0 Å². The molecule has 3 aromatic heterocycles. The standard InChI is InChI=1S/C10H6N4.C2H6/c1-3-7-9(11-5-1)10-8(14-13-7)4-2-6-12-10;1-2/h1-6H;1-2H3. The maximum Gasteiger partial charge on any atom is 0.118 e. The Labute approximate surface area is 93.4 Å². The highest BCUT2D eigenvalue weighted by Crippen LogP contribution is 2.15. The Morgan fingerprint density at radius 1 is 0.750 bits per heavy atom. The lowest BCUT2D eigenvalue weighted by molar-refractivity contribution is 1.11. The maximum atomic E-state index is 4.24. The summed E-state index contributed by atoms with van der Waals surface area (Å²) < 4.78 is 0. The Morgan fingerprint density at radius 2 is 1.19 bits per heavy atom. The van der Waals surface area contributed by atoms with Gasteiger partial charge in [0.1, 0.15) is 22.1 Å². The molecule has 0 fully saturated rings. The van der Waals surface area contributed by atoms with Crippen LogP contribution in [-0.4, -0.2) is 20.2 Å². The molecule has 80 valence electrons. The first-order valence-electron chi connectivity index (χ1n) is 5.27. The van der Waals surface area contributed by atoms with Crippen LogP contribution in [0.25, 0.3) is 22.1 Å². The predicted molar refractivity (Wildman–Crippen MR) is 64.0 cm³/mol. The molecule has 0 N–H and O–H groups in total. The molecule has 0 aliphatic heterocycles. The van der Waals surface area contributed by atoms with Gasteiger partial charge in [-0.3, -0.25) is 9.97 Å². The highest BCUT2D eigenvalue weighted by molar-refractivity contribution is 5.97. The predicted octanol–water partition coefficient (Wildman–Crippen LogP) is 2.60. The molecule has 0 unspecified atom stereocenters. The zero-order chi connectivity index (χ0) is 11.4. The number of hydrogen-bond acceptors (Lipinski definition) is 4. The summed E-state index contributed by atoms with van der Waals surface area (Å²) in [7, 11) is 0. The Balaban J connectivity index is 0.000000457. The van der Waals surface area contributed by atoms with Gasteiger partial charge in [0.2, 0.25) is 0 Å². The molecule has 4 nitrogen and oxygen atoms in total. The molecule has 0 radical (unpaired) electrons. The number of rotatable bonds is 0. The van der Waals surface area contributed by atoms with Gasteiger partial charge < -0.3 is 0 Å². The number of pyridine rings is 2. The summed E-state index contributed by atoms with van der Waals surface area (Å²) in [5.41, 5.74) is 3.16. The second-order valence-corrected chi connectivity index (χ2v) is 2.94. The second-order valence-electron chi connectivity index (χ2n) is 2.94. The Morgan fingerprint density at radius 3 is 1.62 bits per heavy atom. The molecular weight excluding hydrogens is 200 g/mol. The number of nitrogens with zero attached hydrogens (tertiary/aromatic N) is 4. The van der Waals surface area contributed by atoms with E-state index < -0.39 is 0 Å². The first-order valence-corrected chi connectivity index (χ1v) is 5.27. The van der Waals surface area contributed by atoms with Crippen molar-refractivity contribution in [2.45, 2.75) is 13.8 Å². The van der Waals surface area contributed by atoms with E-state index in [-0.39, 0.29) is 0 Å². The van der Waals surface area contributed by atoms with Gasteiger partial charge in [0.15, 0.2) is 0 Å². The lowest BCUT2D eigenvalue weighted by atomic mass is 10.3. The van der Waals surface area contributed by atoms with Crippen LogP contribution in [0.15, 0.2) is 36.7 Å². The van der Waals surface area contributed by atoms with Crippen LogP contribution in [0.1, 0.15) is 13.8 Å². The van der Waals surface area contributed by atoms with E-state index in [2.05, 4.69) is 20.2 Å². The van der Waals surface area contributed by atoms with Crippen LogP contribution in [0, 0.1) is 0 Å². The van der Waals surface area contributed by atoms with Crippen LogP contribution in [0.3, 0.4) is 0 Å². The molecule has 0 atom stereocenters. The fourth-order valence-corrected chi connectivity index (χ4v) is 1.43. The van der Waals surface area contributed by atoms with Gasteiger partial charge >= 0.3 is 0 Å². The molecule has 0 aromatic carbocycles. The zero-order valence-corrected chi connectivity index (χ0v) is 9.25. The van der Waals surface area contributed by atoms with Crippen LogP contribution in [0.5, 0.6) is 0 Å². The lowest BCUT2D eigenvalue weighted by Crippen LogP contribution is -1.90. The van der Waals surface area contributed by atoms with Crippen molar-refractivity contribution in [2.24, 2.45) is 0 Å². The molecule has 3 rings (SSSR count). The first kappa shape index (κ1) is 10.4. The van der Waals surface area contributed by atoms with Crippen LogP contribution < -0.4 is 0 Å². The van der Waals surface area contributed by atoms with Gasteiger partial charge in [0.25, 0.3) is 0 Å². The van der Waals surface area contributed by atoms with Crippen molar-refractivity contribution in [3.63, 3.8) is 0 Å². The van der Waals surface area contributed by atoms with E-state index in [1.165, 1.54) is 0 Å². The largest absolute Gasteiger partial charge is 0.252 e. The molecule has 4 heteroatoms. The first-order chi connectivity index (χ1) is 7.95. The van der Waals surface area contributed by atoms with Crippen molar-refractivity contribution in [2.75, 3.05) is 0 Å². The SMILES string of the molecule is CC.c1cnc2c(c1)nnc1cccnc12. The van der Waals surface area contributed by atoms with Gasteiger partial charge in [-0.1, -0.05) is 13.8 Å². The molecule has 16 heavy (non-hydrogen) atoms. The van der Waals surface area contributed by atoms with Gasteiger partial charge in [-0.05, 0) is 24.3 Å². The molecule has 0 aliphatic carbocycles. The summed E-state index contributed by atoms with van der Waals surface area (Å²) in [5.74, 6) is 0. The van der Waals surface area contributed by atoms with Crippen LogP contribution in [0.2, 0.25) is 0 Å². The fraction of sp³-hybridized carbons (Fsp3) is 0.167. The van der Waals surface area contributed by atoms with Crippen LogP contribution in [0.4, 0.5) is 0 Å². The minimum Gasteiger partial charge on any atom is -0.252 e. The monoisotopic (exact) mass is 212 g/mol. The summed E-state index contributed by atoms with van der Waals surface area (Å²) >= 11 is 0. The van der Waals surface area contributed by atoms with Gasteiger partial charge in [-0.25, -0.2) is 0 Å². The van der Waals surface area contributed by atoms with Crippen LogP contribution >= 0.6 is 0 Å². The van der Waals surface area contributed by atoms with Crippen LogP contribution in [-0.2, 0) is 0 Å². The molecule has 0 spiro atoms. The second kappa shape index (κ2) is 4.61. The summed E-state index contributed by atoms with van der Waals surface area (Å²) in [5, 5.41) is 8.11. The van der Waals surface area contributed by atoms with Crippen molar-refractivity contribution in [3.8, 4) is 0 Å². The Hall–Kier alpha value is -2.10. The topological polar surface area (TPSA) is 51.6 Å². The Kier molecular flexibility index (Phi) is 3.00. The summed E-state index contributed by atoms with van der Waals surface area (Å²) in [6.45, 7) is 4.00. The van der Waals surface area contributed by atoms with E-state index in [1.54, 1.807) is 12.4 Å². The van der Waals surface area contributed by atoms with E-state index in [0.717, 1.165) is 22.1 Å². The molecule has 3 heterocycles. The van der Waals surface area contributed by atoms with E-state index in [1.807, 2.05) is 38.1 Å². The smallest absolute Gasteiger partial charge is 0.118 e. The third-order valence-corrected chi connectivity index (χ3v) is 2.06. The van der Waals surface area contributed by atoms with Crippen molar-refractivity contribution in [1.29, 1.82) is 0 Å². The Bertz CT molecular complexity index is 552. The quantitative estimate of drug-likeness (QED) is 0.537. The maximum absolute atomic E-state index is 4.24. The number of aromatic nitrogens is 4. The zero-order valence-electron chi connectivity index (χ0n) is 9.25. The number of hydrogen-bond donors (Lipinski definition) is 0. The molecule has 0 bridgehead atoms. The van der Waals surface area contributed by atoms with Gasteiger partial charge in [-0.2, -0.15) is 0 Å². The van der Waals surface area contributed by atoms with Crippen molar-refractivity contribution in [1.82, 2.24) is 20.2 Å². The van der Waals surface area contributed by atoms with Crippen molar-refractivity contribution >= 4 is 22.1 Å². The average molecular weight is 212 g/mol. The minimum atomic E-state index is 0.777. The van der Waals surface area contributed by atoms with E-state index in [4.69, 9.17) is 0 Å².